The number of nitrogens with zero attached hydrogens (tertiary/aromatic N) is 1. The number of hydrogen-bond donors (Lipinski definition) is 0. The zero-order chi connectivity index (χ0) is 14.1. The molecule has 0 aromatic heterocycles. The summed E-state index contributed by atoms with van der Waals surface area (Å²) in [5.74, 6) is -0.358. The molecule has 0 N–H and O–H groups in total. The molecule has 0 aromatic carbocycles. The third-order valence-electron chi connectivity index (χ3n) is 3.42. The summed E-state index contributed by atoms with van der Waals surface area (Å²) in [6.07, 6.45) is 5.51. The molecule has 19 heavy (non-hydrogen) atoms. The number of carbonyl (C=O) groups is 2. The maximum absolute atomic E-state index is 12.2. The Morgan fingerprint density at radius 1 is 1.21 bits per heavy atom. The second-order valence-electron chi connectivity index (χ2n) is 4.90. The quantitative estimate of drug-likeness (QED) is 0.498. The Morgan fingerprint density at radius 2 is 1.89 bits per heavy atom. The van der Waals surface area contributed by atoms with Gasteiger partial charge in [-0.3, -0.25) is 9.59 Å². The minimum absolute atomic E-state index is 0.00611. The lowest BCUT2D eigenvalue weighted by Gasteiger charge is -2.28. The third kappa shape index (κ3) is 5.59. The van der Waals surface area contributed by atoms with Crippen molar-refractivity contribution in [1.29, 1.82) is 0 Å². The van der Waals surface area contributed by atoms with E-state index in [0.717, 1.165) is 32.1 Å². The SMILES string of the molecule is CCCOCCC(=O)N(CC(=O)OC)C1CCCC1. The Labute approximate surface area is 115 Å². The molecule has 0 unspecified atom stereocenters. The van der Waals surface area contributed by atoms with Crippen molar-refractivity contribution in [2.24, 2.45) is 0 Å². The van der Waals surface area contributed by atoms with Gasteiger partial charge in [-0.2, -0.15) is 0 Å². The fourth-order valence-electron chi connectivity index (χ4n) is 2.39. The van der Waals surface area contributed by atoms with E-state index in [9.17, 15) is 9.59 Å². The van der Waals surface area contributed by atoms with Crippen LogP contribution in [0.5, 0.6) is 0 Å². The summed E-state index contributed by atoms with van der Waals surface area (Å²) in [5, 5.41) is 0. The molecule has 0 atom stereocenters. The fourth-order valence-corrected chi connectivity index (χ4v) is 2.39. The predicted molar refractivity (Wildman–Crippen MR) is 71.7 cm³/mol. The molecule has 0 aromatic rings. The second kappa shape index (κ2) is 8.91. The van der Waals surface area contributed by atoms with Gasteiger partial charge in [0, 0.05) is 12.6 Å². The summed E-state index contributed by atoms with van der Waals surface area (Å²) in [6.45, 7) is 3.20. The van der Waals surface area contributed by atoms with E-state index < -0.39 is 0 Å². The van der Waals surface area contributed by atoms with Gasteiger partial charge in [0.25, 0.3) is 0 Å². The highest BCUT2D eigenvalue weighted by Gasteiger charge is 2.28. The van der Waals surface area contributed by atoms with Crippen LogP contribution in [0.3, 0.4) is 0 Å². The summed E-state index contributed by atoms with van der Waals surface area (Å²) in [7, 11) is 1.35. The lowest BCUT2D eigenvalue weighted by Crippen LogP contribution is -2.43. The highest BCUT2D eigenvalue weighted by Crippen LogP contribution is 2.24. The molecule has 110 valence electrons. The van der Waals surface area contributed by atoms with Crippen molar-refractivity contribution in [3.63, 3.8) is 0 Å². The summed E-state index contributed by atoms with van der Waals surface area (Å²) >= 11 is 0. The Bertz CT molecular complexity index is 287. The van der Waals surface area contributed by atoms with Gasteiger partial charge in [-0.1, -0.05) is 19.8 Å². The van der Waals surface area contributed by atoms with E-state index in [1.807, 2.05) is 6.92 Å². The number of esters is 1. The van der Waals surface area contributed by atoms with E-state index in [1.54, 1.807) is 4.90 Å². The van der Waals surface area contributed by atoms with Gasteiger partial charge >= 0.3 is 5.97 Å². The van der Waals surface area contributed by atoms with Crippen LogP contribution in [-0.2, 0) is 19.1 Å². The minimum atomic E-state index is -0.352. The number of hydrogen-bond acceptors (Lipinski definition) is 4. The molecule has 1 aliphatic rings. The highest BCUT2D eigenvalue weighted by atomic mass is 16.5. The van der Waals surface area contributed by atoms with Gasteiger partial charge in [-0.05, 0) is 19.3 Å². The van der Waals surface area contributed by atoms with Crippen LogP contribution in [0.4, 0.5) is 0 Å². The van der Waals surface area contributed by atoms with E-state index in [0.29, 0.717) is 19.6 Å². The lowest BCUT2D eigenvalue weighted by molar-refractivity contribution is -0.149. The van der Waals surface area contributed by atoms with Crippen molar-refractivity contribution in [3.8, 4) is 0 Å². The van der Waals surface area contributed by atoms with Gasteiger partial charge < -0.3 is 14.4 Å². The third-order valence-corrected chi connectivity index (χ3v) is 3.42. The van der Waals surface area contributed by atoms with Crippen LogP contribution in [0.1, 0.15) is 45.4 Å². The average Bonchev–Trinajstić information content (AvgIpc) is 2.94. The summed E-state index contributed by atoms with van der Waals surface area (Å²) in [5.41, 5.74) is 0. The van der Waals surface area contributed by atoms with Gasteiger partial charge in [0.05, 0.1) is 20.1 Å². The monoisotopic (exact) mass is 271 g/mol. The van der Waals surface area contributed by atoms with Crippen LogP contribution in [0, 0.1) is 0 Å². The van der Waals surface area contributed by atoms with E-state index in [-0.39, 0.29) is 24.5 Å². The molecule has 0 spiro atoms. The molecule has 5 heteroatoms. The molecule has 0 aliphatic heterocycles. The average molecular weight is 271 g/mol. The normalized spacial score (nSPS) is 15.5. The van der Waals surface area contributed by atoms with Crippen molar-refractivity contribution >= 4 is 11.9 Å². The molecule has 1 fully saturated rings. The Hall–Kier alpha value is -1.10. The second-order valence-corrected chi connectivity index (χ2v) is 4.90. The molecule has 1 amide bonds. The minimum Gasteiger partial charge on any atom is -0.468 e. The lowest BCUT2D eigenvalue weighted by atomic mass is 10.2. The molecule has 0 bridgehead atoms. The van der Waals surface area contributed by atoms with Crippen molar-refractivity contribution in [2.75, 3.05) is 26.9 Å². The zero-order valence-corrected chi connectivity index (χ0v) is 12.0. The molecule has 0 radical (unpaired) electrons. The molecule has 1 rings (SSSR count). The van der Waals surface area contributed by atoms with Gasteiger partial charge in [-0.15, -0.1) is 0 Å². The van der Waals surface area contributed by atoms with Gasteiger partial charge in [-0.25, -0.2) is 0 Å². The van der Waals surface area contributed by atoms with Crippen molar-refractivity contribution in [1.82, 2.24) is 4.90 Å². The molecule has 0 saturated heterocycles. The topological polar surface area (TPSA) is 55.8 Å². The number of ether oxygens (including phenoxy) is 2. The number of methoxy groups -OCH3 is 1. The fraction of sp³-hybridized carbons (Fsp3) is 0.857. The van der Waals surface area contributed by atoms with Crippen LogP contribution in [-0.4, -0.2) is 49.7 Å². The van der Waals surface area contributed by atoms with Crippen LogP contribution >= 0.6 is 0 Å². The van der Waals surface area contributed by atoms with Gasteiger partial charge in [0.15, 0.2) is 0 Å². The van der Waals surface area contributed by atoms with E-state index in [4.69, 9.17) is 4.74 Å². The first kappa shape index (κ1) is 16.0. The van der Waals surface area contributed by atoms with Crippen molar-refractivity contribution < 1.29 is 19.1 Å². The summed E-state index contributed by atoms with van der Waals surface area (Å²) in [4.78, 5) is 25.3. The van der Waals surface area contributed by atoms with Crippen molar-refractivity contribution in [3.05, 3.63) is 0 Å². The molecule has 1 saturated carbocycles. The number of carbonyl (C=O) groups excluding carboxylic acids is 2. The largest absolute Gasteiger partial charge is 0.468 e. The van der Waals surface area contributed by atoms with Crippen LogP contribution in [0.2, 0.25) is 0 Å². The van der Waals surface area contributed by atoms with Crippen LogP contribution in [0.25, 0.3) is 0 Å². The smallest absolute Gasteiger partial charge is 0.325 e. The Morgan fingerprint density at radius 3 is 2.47 bits per heavy atom. The van der Waals surface area contributed by atoms with Crippen LogP contribution in [0.15, 0.2) is 0 Å². The maximum atomic E-state index is 12.2. The van der Waals surface area contributed by atoms with Crippen LogP contribution < -0.4 is 0 Å². The van der Waals surface area contributed by atoms with Gasteiger partial charge in [0.1, 0.15) is 6.54 Å². The van der Waals surface area contributed by atoms with Crippen molar-refractivity contribution in [2.45, 2.75) is 51.5 Å². The Balaban J connectivity index is 2.46. The molecular formula is C14H25NO4. The molecule has 5 nitrogen and oxygen atoms in total. The van der Waals surface area contributed by atoms with Gasteiger partial charge in [0.2, 0.25) is 5.91 Å². The van der Waals surface area contributed by atoms with E-state index in [1.165, 1.54) is 7.11 Å². The molecule has 1 aliphatic carbocycles. The first-order chi connectivity index (χ1) is 9.19. The first-order valence-corrected chi connectivity index (χ1v) is 7.13. The highest BCUT2D eigenvalue weighted by molar-refractivity contribution is 5.82. The van der Waals surface area contributed by atoms with E-state index in [2.05, 4.69) is 4.74 Å². The number of rotatable bonds is 8. The van der Waals surface area contributed by atoms with E-state index >= 15 is 0 Å². The summed E-state index contributed by atoms with van der Waals surface area (Å²) < 4.78 is 10.0. The standard InChI is InChI=1S/C14H25NO4/c1-3-9-19-10-8-13(16)15(11-14(17)18-2)12-6-4-5-7-12/h12H,3-11H2,1-2H3. The zero-order valence-electron chi connectivity index (χ0n) is 12.0. The molecule has 0 heterocycles. The first-order valence-electron chi connectivity index (χ1n) is 7.13. The molecular weight excluding hydrogens is 246 g/mol. The Kier molecular flexibility index (Phi) is 7.48. The predicted octanol–water partition coefficient (Wildman–Crippen LogP) is 1.75. The summed E-state index contributed by atoms with van der Waals surface area (Å²) in [6, 6.07) is 0.192. The maximum Gasteiger partial charge on any atom is 0.325 e. The number of amides is 1.